The van der Waals surface area contributed by atoms with Gasteiger partial charge >= 0.3 is 0 Å². The summed E-state index contributed by atoms with van der Waals surface area (Å²) < 4.78 is 10.9. The SMILES string of the molecule is CCOc1cc(/C=C2\C(=O)N(C)c3ccccc32)ccc1OC. The van der Waals surface area contributed by atoms with Crippen LogP contribution in [0.15, 0.2) is 42.5 Å². The lowest BCUT2D eigenvalue weighted by Crippen LogP contribution is -2.20. The molecule has 23 heavy (non-hydrogen) atoms. The number of hydrogen-bond donors (Lipinski definition) is 0. The van der Waals surface area contributed by atoms with E-state index in [1.807, 2.05) is 55.5 Å². The lowest BCUT2D eigenvalue weighted by molar-refractivity contribution is -0.112. The average molecular weight is 309 g/mol. The summed E-state index contributed by atoms with van der Waals surface area (Å²) in [6, 6.07) is 13.5. The number of nitrogens with zero attached hydrogens (tertiary/aromatic N) is 1. The van der Waals surface area contributed by atoms with Gasteiger partial charge in [-0.3, -0.25) is 4.79 Å². The molecule has 0 saturated carbocycles. The van der Waals surface area contributed by atoms with Gasteiger partial charge in [-0.2, -0.15) is 0 Å². The number of amides is 1. The molecule has 0 bridgehead atoms. The highest BCUT2D eigenvalue weighted by atomic mass is 16.5. The van der Waals surface area contributed by atoms with Gasteiger partial charge in [0.05, 0.1) is 19.4 Å². The van der Waals surface area contributed by atoms with Crippen molar-refractivity contribution in [3.8, 4) is 11.5 Å². The van der Waals surface area contributed by atoms with Crippen molar-refractivity contribution in [2.45, 2.75) is 6.92 Å². The Labute approximate surface area is 135 Å². The number of ether oxygens (including phenoxy) is 2. The topological polar surface area (TPSA) is 38.8 Å². The van der Waals surface area contributed by atoms with Gasteiger partial charge < -0.3 is 14.4 Å². The zero-order valence-electron chi connectivity index (χ0n) is 13.5. The molecule has 0 unspecified atom stereocenters. The van der Waals surface area contributed by atoms with Gasteiger partial charge in [-0.05, 0) is 36.8 Å². The van der Waals surface area contributed by atoms with Crippen LogP contribution in [-0.4, -0.2) is 26.7 Å². The summed E-state index contributed by atoms with van der Waals surface area (Å²) in [5.74, 6) is 1.36. The maximum absolute atomic E-state index is 12.5. The highest BCUT2D eigenvalue weighted by molar-refractivity contribution is 6.35. The van der Waals surface area contributed by atoms with Crippen LogP contribution in [0.2, 0.25) is 0 Å². The Morgan fingerprint density at radius 3 is 2.65 bits per heavy atom. The van der Waals surface area contributed by atoms with Crippen LogP contribution in [0.3, 0.4) is 0 Å². The third-order valence-corrected chi connectivity index (χ3v) is 3.89. The maximum Gasteiger partial charge on any atom is 0.258 e. The molecule has 1 aliphatic heterocycles. The number of anilines is 1. The zero-order valence-corrected chi connectivity index (χ0v) is 13.5. The first kappa shape index (κ1) is 15.2. The summed E-state index contributed by atoms with van der Waals surface area (Å²) in [6.07, 6.45) is 1.90. The summed E-state index contributed by atoms with van der Waals surface area (Å²) in [5, 5.41) is 0. The molecule has 1 heterocycles. The van der Waals surface area contributed by atoms with Crippen molar-refractivity contribution in [2.75, 3.05) is 25.7 Å². The molecule has 0 saturated heterocycles. The molecule has 0 aromatic heterocycles. The van der Waals surface area contributed by atoms with Crippen molar-refractivity contribution < 1.29 is 14.3 Å². The third-order valence-electron chi connectivity index (χ3n) is 3.89. The van der Waals surface area contributed by atoms with Crippen LogP contribution in [-0.2, 0) is 4.79 Å². The Morgan fingerprint density at radius 2 is 1.91 bits per heavy atom. The minimum Gasteiger partial charge on any atom is -0.493 e. The summed E-state index contributed by atoms with van der Waals surface area (Å²) in [6.45, 7) is 2.48. The van der Waals surface area contributed by atoms with Crippen LogP contribution >= 0.6 is 0 Å². The van der Waals surface area contributed by atoms with E-state index in [1.165, 1.54) is 0 Å². The van der Waals surface area contributed by atoms with Gasteiger partial charge in [-0.25, -0.2) is 0 Å². The second-order valence-electron chi connectivity index (χ2n) is 5.28. The van der Waals surface area contributed by atoms with Crippen LogP contribution < -0.4 is 14.4 Å². The van der Waals surface area contributed by atoms with Gasteiger partial charge in [0.1, 0.15) is 0 Å². The number of hydrogen-bond acceptors (Lipinski definition) is 3. The molecule has 4 nitrogen and oxygen atoms in total. The van der Waals surface area contributed by atoms with Gasteiger partial charge in [-0.1, -0.05) is 24.3 Å². The molecule has 0 spiro atoms. The lowest BCUT2D eigenvalue weighted by Gasteiger charge is -2.10. The molecule has 118 valence electrons. The van der Waals surface area contributed by atoms with E-state index in [2.05, 4.69) is 0 Å². The molecule has 1 aliphatic rings. The maximum atomic E-state index is 12.5. The van der Waals surface area contributed by atoms with E-state index >= 15 is 0 Å². The Hall–Kier alpha value is -2.75. The van der Waals surface area contributed by atoms with Gasteiger partial charge in [0.15, 0.2) is 11.5 Å². The van der Waals surface area contributed by atoms with Crippen LogP contribution in [0.5, 0.6) is 11.5 Å². The molecule has 2 aromatic rings. The van der Waals surface area contributed by atoms with Crippen molar-refractivity contribution >= 4 is 23.2 Å². The van der Waals surface area contributed by atoms with Crippen molar-refractivity contribution in [1.29, 1.82) is 0 Å². The number of para-hydroxylation sites is 1. The molecular weight excluding hydrogens is 290 g/mol. The van der Waals surface area contributed by atoms with Crippen LogP contribution in [0, 0.1) is 0 Å². The molecule has 0 aliphatic carbocycles. The number of benzene rings is 2. The van der Waals surface area contributed by atoms with Crippen molar-refractivity contribution in [3.05, 3.63) is 53.6 Å². The fourth-order valence-corrected chi connectivity index (χ4v) is 2.76. The van der Waals surface area contributed by atoms with E-state index in [4.69, 9.17) is 9.47 Å². The summed E-state index contributed by atoms with van der Waals surface area (Å²) in [4.78, 5) is 14.2. The fourth-order valence-electron chi connectivity index (χ4n) is 2.76. The minimum absolute atomic E-state index is 0.0000204. The van der Waals surface area contributed by atoms with Gasteiger partial charge in [0, 0.05) is 18.2 Å². The molecule has 1 amide bonds. The van der Waals surface area contributed by atoms with Crippen molar-refractivity contribution in [3.63, 3.8) is 0 Å². The zero-order chi connectivity index (χ0) is 16.4. The average Bonchev–Trinajstić information content (AvgIpc) is 2.81. The Balaban J connectivity index is 2.05. The van der Waals surface area contributed by atoms with E-state index in [1.54, 1.807) is 19.1 Å². The predicted octanol–water partition coefficient (Wildman–Crippen LogP) is 3.61. The highest BCUT2D eigenvalue weighted by Gasteiger charge is 2.29. The second-order valence-corrected chi connectivity index (χ2v) is 5.28. The molecule has 0 N–H and O–H groups in total. The second kappa shape index (κ2) is 6.16. The predicted molar refractivity (Wildman–Crippen MR) is 91.9 cm³/mol. The molecule has 2 aromatic carbocycles. The summed E-state index contributed by atoms with van der Waals surface area (Å²) in [5.41, 5.74) is 3.48. The van der Waals surface area contributed by atoms with E-state index in [-0.39, 0.29) is 5.91 Å². The largest absolute Gasteiger partial charge is 0.493 e. The van der Waals surface area contributed by atoms with Gasteiger partial charge in [0.2, 0.25) is 0 Å². The van der Waals surface area contributed by atoms with Crippen LogP contribution in [0.4, 0.5) is 5.69 Å². The first-order valence-corrected chi connectivity index (χ1v) is 7.55. The summed E-state index contributed by atoms with van der Waals surface area (Å²) in [7, 11) is 3.41. The van der Waals surface area contributed by atoms with Crippen molar-refractivity contribution in [2.24, 2.45) is 0 Å². The number of carbonyl (C=O) groups excluding carboxylic acids is 1. The van der Waals surface area contributed by atoms with Gasteiger partial charge in [-0.15, -0.1) is 0 Å². The number of likely N-dealkylation sites (N-methyl/N-ethyl adjacent to an activating group) is 1. The number of methoxy groups -OCH3 is 1. The fraction of sp³-hybridized carbons (Fsp3) is 0.211. The number of carbonyl (C=O) groups is 1. The molecule has 0 atom stereocenters. The molecule has 4 heteroatoms. The van der Waals surface area contributed by atoms with E-state index < -0.39 is 0 Å². The molecule has 3 rings (SSSR count). The Bertz CT molecular complexity index is 780. The van der Waals surface area contributed by atoms with Gasteiger partial charge in [0.25, 0.3) is 5.91 Å². The van der Waals surface area contributed by atoms with Crippen molar-refractivity contribution in [1.82, 2.24) is 0 Å². The normalized spacial score (nSPS) is 15.0. The minimum atomic E-state index is -0.0000204. The lowest BCUT2D eigenvalue weighted by atomic mass is 10.0. The van der Waals surface area contributed by atoms with Crippen LogP contribution in [0.25, 0.3) is 11.6 Å². The first-order chi connectivity index (χ1) is 11.2. The molecule has 0 fully saturated rings. The standard InChI is InChI=1S/C19H19NO3/c1-4-23-18-12-13(9-10-17(18)22-3)11-15-14-7-5-6-8-16(14)20(2)19(15)21/h5-12H,4H2,1-3H3/b15-11-. The molecular formula is C19H19NO3. The number of rotatable bonds is 4. The van der Waals surface area contributed by atoms with E-state index in [0.29, 0.717) is 23.7 Å². The Kier molecular flexibility index (Phi) is 4.06. The van der Waals surface area contributed by atoms with E-state index in [0.717, 1.165) is 16.8 Å². The Morgan fingerprint density at radius 1 is 1.13 bits per heavy atom. The van der Waals surface area contributed by atoms with E-state index in [9.17, 15) is 4.79 Å². The highest BCUT2D eigenvalue weighted by Crippen LogP contribution is 2.37. The summed E-state index contributed by atoms with van der Waals surface area (Å²) >= 11 is 0. The third kappa shape index (κ3) is 2.68. The number of fused-ring (bicyclic) bond motifs is 1. The smallest absolute Gasteiger partial charge is 0.258 e. The monoisotopic (exact) mass is 309 g/mol. The quantitative estimate of drug-likeness (QED) is 0.810. The van der Waals surface area contributed by atoms with Crippen LogP contribution in [0.1, 0.15) is 18.1 Å². The molecule has 0 radical (unpaired) electrons. The first-order valence-electron chi connectivity index (χ1n) is 7.55.